The van der Waals surface area contributed by atoms with Crippen molar-refractivity contribution in [3.05, 3.63) is 21.3 Å². The normalized spacial score (nSPS) is 10.1. The molecule has 0 bridgehead atoms. The van der Waals surface area contributed by atoms with E-state index in [0.29, 0.717) is 24.5 Å². The summed E-state index contributed by atoms with van der Waals surface area (Å²) in [4.78, 5) is 10.4. The average molecular weight is 350 g/mol. The van der Waals surface area contributed by atoms with Crippen molar-refractivity contribution in [2.45, 2.75) is 19.8 Å². The maximum absolute atomic E-state index is 10.4. The van der Waals surface area contributed by atoms with Crippen LogP contribution in [-0.2, 0) is 4.79 Å². The summed E-state index contributed by atoms with van der Waals surface area (Å²) in [6.45, 7) is 2.37. The molecule has 0 fully saturated rings. The van der Waals surface area contributed by atoms with E-state index in [1.165, 1.54) is 0 Å². The number of rotatable bonds is 6. The Morgan fingerprint density at radius 3 is 2.71 bits per heavy atom. The van der Waals surface area contributed by atoms with Crippen molar-refractivity contribution >= 4 is 28.6 Å². The van der Waals surface area contributed by atoms with Gasteiger partial charge >= 0.3 is 5.97 Å². The van der Waals surface area contributed by atoms with Gasteiger partial charge in [0.25, 0.3) is 0 Å². The maximum atomic E-state index is 10.4. The van der Waals surface area contributed by atoms with Gasteiger partial charge in [-0.25, -0.2) is 0 Å². The van der Waals surface area contributed by atoms with Crippen molar-refractivity contribution in [1.29, 1.82) is 0 Å². The lowest BCUT2D eigenvalue weighted by molar-refractivity contribution is -0.137. The smallest absolute Gasteiger partial charge is 0.303 e. The zero-order valence-electron chi connectivity index (χ0n) is 9.83. The summed E-state index contributed by atoms with van der Waals surface area (Å²) in [6.07, 6.45) is 0.606. The van der Waals surface area contributed by atoms with Gasteiger partial charge in [-0.1, -0.05) is 0 Å². The second-order valence-electron chi connectivity index (χ2n) is 3.60. The molecule has 0 saturated heterocycles. The van der Waals surface area contributed by atoms with E-state index in [1.54, 1.807) is 7.11 Å². The molecule has 5 heteroatoms. The number of hydrogen-bond donors (Lipinski definition) is 1. The molecule has 0 amide bonds. The van der Waals surface area contributed by atoms with Gasteiger partial charge in [-0.3, -0.25) is 4.79 Å². The summed E-state index contributed by atoms with van der Waals surface area (Å²) in [5.41, 5.74) is 1.11. The second kappa shape index (κ2) is 6.68. The Hall–Kier alpha value is -0.980. The minimum Gasteiger partial charge on any atom is -0.493 e. The van der Waals surface area contributed by atoms with Crippen molar-refractivity contribution < 1.29 is 19.4 Å². The van der Waals surface area contributed by atoms with E-state index >= 15 is 0 Å². The van der Waals surface area contributed by atoms with Gasteiger partial charge < -0.3 is 14.6 Å². The van der Waals surface area contributed by atoms with Crippen LogP contribution in [0.4, 0.5) is 0 Å². The number of aryl methyl sites for hydroxylation is 1. The van der Waals surface area contributed by atoms with Crippen molar-refractivity contribution in [3.63, 3.8) is 0 Å². The summed E-state index contributed by atoms with van der Waals surface area (Å²) < 4.78 is 11.8. The van der Waals surface area contributed by atoms with Crippen molar-refractivity contribution in [3.8, 4) is 11.5 Å². The van der Waals surface area contributed by atoms with E-state index in [0.717, 1.165) is 9.13 Å². The molecule has 1 N–H and O–H groups in total. The third kappa shape index (κ3) is 4.41. The molecule has 1 aromatic carbocycles. The van der Waals surface area contributed by atoms with E-state index < -0.39 is 5.97 Å². The lowest BCUT2D eigenvalue weighted by Gasteiger charge is -2.12. The molecule has 0 aromatic heterocycles. The molecule has 0 aliphatic heterocycles. The van der Waals surface area contributed by atoms with Gasteiger partial charge in [-0.05, 0) is 53.6 Å². The lowest BCUT2D eigenvalue weighted by atomic mass is 10.2. The topological polar surface area (TPSA) is 55.8 Å². The van der Waals surface area contributed by atoms with Crippen LogP contribution in [0, 0.1) is 10.5 Å². The number of carboxylic acid groups (broad SMARTS) is 1. The number of carboxylic acids is 1. The maximum Gasteiger partial charge on any atom is 0.303 e. The molecule has 0 unspecified atom stereocenters. The van der Waals surface area contributed by atoms with Crippen LogP contribution in [0.5, 0.6) is 11.5 Å². The zero-order valence-corrected chi connectivity index (χ0v) is 12.0. The monoisotopic (exact) mass is 350 g/mol. The fourth-order valence-electron chi connectivity index (χ4n) is 1.31. The van der Waals surface area contributed by atoms with Gasteiger partial charge in [-0.15, -0.1) is 0 Å². The second-order valence-corrected chi connectivity index (χ2v) is 4.76. The SMILES string of the molecule is COc1cc(I)c(C)cc1OCCCC(=O)O. The average Bonchev–Trinajstić information content (AvgIpc) is 2.28. The molecule has 4 nitrogen and oxygen atoms in total. The molecule has 1 aromatic rings. The highest BCUT2D eigenvalue weighted by Gasteiger charge is 2.08. The van der Waals surface area contributed by atoms with Crippen LogP contribution in [-0.4, -0.2) is 24.8 Å². The molecule has 0 aliphatic rings. The van der Waals surface area contributed by atoms with Crippen molar-refractivity contribution in [2.75, 3.05) is 13.7 Å². The third-order valence-corrected chi connectivity index (χ3v) is 3.40. The van der Waals surface area contributed by atoms with E-state index in [-0.39, 0.29) is 6.42 Å². The molecule has 0 saturated carbocycles. The zero-order chi connectivity index (χ0) is 12.8. The number of aliphatic carboxylic acids is 1. The fourth-order valence-corrected chi connectivity index (χ4v) is 1.75. The van der Waals surface area contributed by atoms with E-state index in [1.807, 2.05) is 19.1 Å². The van der Waals surface area contributed by atoms with E-state index in [2.05, 4.69) is 22.6 Å². The van der Waals surface area contributed by atoms with Gasteiger partial charge in [0, 0.05) is 9.99 Å². The highest BCUT2D eigenvalue weighted by atomic mass is 127. The highest BCUT2D eigenvalue weighted by molar-refractivity contribution is 14.1. The van der Waals surface area contributed by atoms with Gasteiger partial charge in [0.15, 0.2) is 11.5 Å². The Kier molecular flexibility index (Phi) is 5.54. The van der Waals surface area contributed by atoms with Crippen LogP contribution < -0.4 is 9.47 Å². The van der Waals surface area contributed by atoms with Crippen LogP contribution in [0.15, 0.2) is 12.1 Å². The summed E-state index contributed by atoms with van der Waals surface area (Å²) in [7, 11) is 1.59. The van der Waals surface area contributed by atoms with Gasteiger partial charge in [-0.2, -0.15) is 0 Å². The number of carbonyl (C=O) groups is 1. The largest absolute Gasteiger partial charge is 0.493 e. The standard InChI is InChI=1S/C12H15IO4/c1-8-6-11(10(16-2)7-9(8)13)17-5-3-4-12(14)15/h6-7H,3-5H2,1-2H3,(H,14,15). The minimum absolute atomic E-state index is 0.117. The van der Waals surface area contributed by atoms with Crippen molar-refractivity contribution in [1.82, 2.24) is 0 Å². The molecule has 0 spiro atoms. The first kappa shape index (κ1) is 14.1. The van der Waals surface area contributed by atoms with Crippen LogP contribution >= 0.6 is 22.6 Å². The van der Waals surface area contributed by atoms with Crippen LogP contribution in [0.2, 0.25) is 0 Å². The lowest BCUT2D eigenvalue weighted by Crippen LogP contribution is -2.03. The number of ether oxygens (including phenoxy) is 2. The molecule has 1 rings (SSSR count). The van der Waals surface area contributed by atoms with Gasteiger partial charge in [0.05, 0.1) is 13.7 Å². The first-order chi connectivity index (χ1) is 8.04. The van der Waals surface area contributed by atoms with Crippen LogP contribution in [0.25, 0.3) is 0 Å². The summed E-state index contributed by atoms with van der Waals surface area (Å²) in [5.74, 6) is 0.533. The molecule has 0 aliphatic carbocycles. The number of benzene rings is 1. The van der Waals surface area contributed by atoms with Crippen LogP contribution in [0.3, 0.4) is 0 Å². The summed E-state index contributed by atoms with van der Waals surface area (Å²) in [6, 6.07) is 3.81. The fraction of sp³-hybridized carbons (Fsp3) is 0.417. The Bertz CT molecular complexity index is 404. The number of halogens is 1. The van der Waals surface area contributed by atoms with E-state index in [4.69, 9.17) is 14.6 Å². The molecule has 17 heavy (non-hydrogen) atoms. The first-order valence-corrected chi connectivity index (χ1v) is 6.31. The van der Waals surface area contributed by atoms with Gasteiger partial charge in [0.2, 0.25) is 0 Å². The Morgan fingerprint density at radius 2 is 2.12 bits per heavy atom. The molecule has 0 atom stereocenters. The molecule has 0 radical (unpaired) electrons. The highest BCUT2D eigenvalue weighted by Crippen LogP contribution is 2.31. The first-order valence-electron chi connectivity index (χ1n) is 5.23. The Morgan fingerprint density at radius 1 is 1.41 bits per heavy atom. The molecule has 94 valence electrons. The van der Waals surface area contributed by atoms with E-state index in [9.17, 15) is 4.79 Å². The van der Waals surface area contributed by atoms with Crippen LogP contribution in [0.1, 0.15) is 18.4 Å². The molecular weight excluding hydrogens is 335 g/mol. The number of hydrogen-bond acceptors (Lipinski definition) is 3. The quantitative estimate of drug-likeness (QED) is 0.633. The molecular formula is C12H15IO4. The Balaban J connectivity index is 2.63. The minimum atomic E-state index is -0.806. The number of methoxy groups -OCH3 is 1. The predicted molar refractivity (Wildman–Crippen MR) is 72.8 cm³/mol. The Labute approximate surface area is 114 Å². The van der Waals surface area contributed by atoms with Crippen molar-refractivity contribution in [2.24, 2.45) is 0 Å². The molecule has 0 heterocycles. The summed E-state index contributed by atoms with van der Waals surface area (Å²) in [5, 5.41) is 8.51. The third-order valence-electron chi connectivity index (χ3n) is 2.24. The summed E-state index contributed by atoms with van der Waals surface area (Å²) >= 11 is 2.23. The van der Waals surface area contributed by atoms with Gasteiger partial charge in [0.1, 0.15) is 0 Å². The predicted octanol–water partition coefficient (Wildman–Crippen LogP) is 2.85.